The van der Waals surface area contributed by atoms with Gasteiger partial charge in [-0.05, 0) is 12.1 Å². The SMILES string of the molecule is COc1ccc(NC(=O)Cn2ccsc2=N)c([N+](=O)[O-])c1.Cl. The average molecular weight is 345 g/mol. The Kier molecular flexibility index (Phi) is 6.08. The van der Waals surface area contributed by atoms with Crippen LogP contribution in [-0.2, 0) is 11.3 Å². The van der Waals surface area contributed by atoms with Crippen LogP contribution in [0.25, 0.3) is 0 Å². The van der Waals surface area contributed by atoms with Gasteiger partial charge in [-0.3, -0.25) is 20.3 Å². The molecule has 2 N–H and O–H groups in total. The number of ether oxygens (including phenoxy) is 1. The van der Waals surface area contributed by atoms with Crippen LogP contribution in [0.15, 0.2) is 29.8 Å². The van der Waals surface area contributed by atoms with Crippen molar-refractivity contribution >= 4 is 41.0 Å². The molecule has 1 aromatic heterocycles. The quantitative estimate of drug-likeness (QED) is 0.638. The van der Waals surface area contributed by atoms with Crippen molar-refractivity contribution in [1.29, 1.82) is 5.41 Å². The minimum atomic E-state index is -0.591. The smallest absolute Gasteiger partial charge is 0.296 e. The van der Waals surface area contributed by atoms with E-state index in [1.54, 1.807) is 11.6 Å². The molecule has 2 aromatic rings. The molecule has 0 aliphatic heterocycles. The maximum Gasteiger partial charge on any atom is 0.296 e. The fraction of sp³-hybridized carbons (Fsp3) is 0.167. The number of hydrogen-bond acceptors (Lipinski definition) is 6. The van der Waals surface area contributed by atoms with E-state index in [2.05, 4.69) is 5.32 Å². The van der Waals surface area contributed by atoms with Crippen LogP contribution in [0.3, 0.4) is 0 Å². The zero-order valence-electron chi connectivity index (χ0n) is 11.4. The van der Waals surface area contributed by atoms with Gasteiger partial charge in [-0.15, -0.1) is 23.7 Å². The van der Waals surface area contributed by atoms with E-state index in [4.69, 9.17) is 10.1 Å². The summed E-state index contributed by atoms with van der Waals surface area (Å²) in [6.07, 6.45) is 1.61. The zero-order valence-corrected chi connectivity index (χ0v) is 13.1. The number of nitro benzene ring substituents is 1. The second kappa shape index (κ2) is 7.57. The second-order valence-electron chi connectivity index (χ2n) is 4.02. The van der Waals surface area contributed by atoms with Crippen molar-refractivity contribution in [2.75, 3.05) is 12.4 Å². The average Bonchev–Trinajstić information content (AvgIpc) is 2.84. The van der Waals surface area contributed by atoms with E-state index >= 15 is 0 Å². The summed E-state index contributed by atoms with van der Waals surface area (Å²) in [5.41, 5.74) is -0.155. The topological polar surface area (TPSA) is 110 Å². The third kappa shape index (κ3) is 4.06. The molecule has 0 radical (unpaired) electrons. The van der Waals surface area contributed by atoms with Crippen LogP contribution in [0, 0.1) is 15.5 Å². The number of amides is 1. The van der Waals surface area contributed by atoms with Crippen LogP contribution in [-0.4, -0.2) is 22.5 Å². The summed E-state index contributed by atoms with van der Waals surface area (Å²) in [6, 6.07) is 4.17. The molecule has 0 spiro atoms. The normalized spacial score (nSPS) is 9.68. The lowest BCUT2D eigenvalue weighted by molar-refractivity contribution is -0.384. The molecule has 0 bridgehead atoms. The molecule has 0 aliphatic rings. The number of benzene rings is 1. The summed E-state index contributed by atoms with van der Waals surface area (Å²) in [7, 11) is 1.40. The minimum Gasteiger partial charge on any atom is -0.496 e. The number of nitro groups is 1. The van der Waals surface area contributed by atoms with E-state index in [1.165, 1.54) is 41.2 Å². The van der Waals surface area contributed by atoms with Crippen molar-refractivity contribution in [1.82, 2.24) is 4.57 Å². The maximum absolute atomic E-state index is 11.9. The molecule has 0 saturated carbocycles. The number of nitrogens with zero attached hydrogens (tertiary/aromatic N) is 2. The first-order chi connectivity index (χ1) is 10.0. The van der Waals surface area contributed by atoms with Gasteiger partial charge in [0.2, 0.25) is 5.91 Å². The molecular weight excluding hydrogens is 332 g/mol. The molecule has 0 atom stereocenters. The van der Waals surface area contributed by atoms with Crippen LogP contribution in [0.4, 0.5) is 11.4 Å². The van der Waals surface area contributed by atoms with E-state index in [0.29, 0.717) is 5.75 Å². The Morgan fingerprint density at radius 1 is 1.55 bits per heavy atom. The second-order valence-corrected chi connectivity index (χ2v) is 4.92. The molecule has 118 valence electrons. The summed E-state index contributed by atoms with van der Waals surface area (Å²) in [5, 5.41) is 22.7. The van der Waals surface area contributed by atoms with Crippen molar-refractivity contribution in [3.63, 3.8) is 0 Å². The van der Waals surface area contributed by atoms with Gasteiger partial charge in [-0.2, -0.15) is 0 Å². The van der Waals surface area contributed by atoms with Gasteiger partial charge in [-0.25, -0.2) is 0 Å². The Balaban J connectivity index is 0.00000242. The van der Waals surface area contributed by atoms with Crippen LogP contribution < -0.4 is 14.9 Å². The molecule has 0 saturated heterocycles. The molecule has 22 heavy (non-hydrogen) atoms. The number of thiazole rings is 1. The predicted octanol–water partition coefficient (Wildman–Crippen LogP) is 2.01. The van der Waals surface area contributed by atoms with E-state index < -0.39 is 10.8 Å². The first-order valence-electron chi connectivity index (χ1n) is 5.82. The summed E-state index contributed by atoms with van der Waals surface area (Å²) < 4.78 is 6.36. The highest BCUT2D eigenvalue weighted by atomic mass is 35.5. The summed E-state index contributed by atoms with van der Waals surface area (Å²) >= 11 is 1.19. The number of halogens is 1. The molecule has 1 heterocycles. The molecule has 0 unspecified atom stereocenters. The Bertz CT molecular complexity index is 743. The molecule has 10 heteroatoms. The Morgan fingerprint density at radius 2 is 2.27 bits per heavy atom. The third-order valence-electron chi connectivity index (χ3n) is 2.67. The summed E-state index contributed by atoms with van der Waals surface area (Å²) in [6.45, 7) is -0.0779. The van der Waals surface area contributed by atoms with Gasteiger partial charge in [0.1, 0.15) is 18.0 Å². The van der Waals surface area contributed by atoms with Crippen molar-refractivity contribution in [2.45, 2.75) is 6.54 Å². The third-order valence-corrected chi connectivity index (χ3v) is 3.39. The van der Waals surface area contributed by atoms with Crippen LogP contribution in [0.1, 0.15) is 0 Å². The standard InChI is InChI=1S/C12H12N4O4S.ClH/c1-20-8-2-3-9(10(6-8)16(18)19)14-11(17)7-15-4-5-21-12(15)13;/h2-6,13H,7H2,1H3,(H,14,17);1H. The number of nitrogens with one attached hydrogen (secondary N) is 2. The number of hydrogen-bond donors (Lipinski definition) is 2. The lowest BCUT2D eigenvalue weighted by Crippen LogP contribution is -2.24. The lowest BCUT2D eigenvalue weighted by atomic mass is 10.2. The van der Waals surface area contributed by atoms with Crippen LogP contribution in [0.5, 0.6) is 5.75 Å². The maximum atomic E-state index is 11.9. The number of carbonyl (C=O) groups excluding carboxylic acids is 1. The molecule has 1 amide bonds. The minimum absolute atomic E-state index is 0. The van der Waals surface area contributed by atoms with E-state index in [9.17, 15) is 14.9 Å². The van der Waals surface area contributed by atoms with Crippen LogP contribution >= 0.6 is 23.7 Å². The molecule has 0 fully saturated rings. The number of carbonyl (C=O) groups is 1. The molecule has 8 nitrogen and oxygen atoms in total. The molecular formula is C12H13ClN4O4S. The van der Waals surface area contributed by atoms with E-state index in [1.807, 2.05) is 0 Å². The molecule has 2 rings (SSSR count). The highest BCUT2D eigenvalue weighted by Crippen LogP contribution is 2.28. The monoisotopic (exact) mass is 344 g/mol. The number of aromatic nitrogens is 1. The first kappa shape index (κ1) is 17.7. The first-order valence-corrected chi connectivity index (χ1v) is 6.70. The van der Waals surface area contributed by atoms with Gasteiger partial charge in [0.25, 0.3) is 5.69 Å². The number of anilines is 1. The van der Waals surface area contributed by atoms with Gasteiger partial charge in [0, 0.05) is 11.6 Å². The van der Waals surface area contributed by atoms with Crippen molar-refractivity contribution in [2.24, 2.45) is 0 Å². The van der Waals surface area contributed by atoms with E-state index in [0.717, 1.165) is 0 Å². The number of methoxy groups -OCH3 is 1. The Morgan fingerprint density at radius 3 is 2.82 bits per heavy atom. The van der Waals surface area contributed by atoms with Gasteiger partial charge in [-0.1, -0.05) is 0 Å². The Hall–Kier alpha value is -2.39. The van der Waals surface area contributed by atoms with Crippen molar-refractivity contribution in [3.8, 4) is 5.75 Å². The van der Waals surface area contributed by atoms with Gasteiger partial charge in [0.15, 0.2) is 4.80 Å². The highest BCUT2D eigenvalue weighted by molar-refractivity contribution is 7.06. The van der Waals surface area contributed by atoms with Gasteiger partial charge < -0.3 is 14.6 Å². The van der Waals surface area contributed by atoms with E-state index in [-0.39, 0.29) is 35.1 Å². The highest BCUT2D eigenvalue weighted by Gasteiger charge is 2.17. The fourth-order valence-corrected chi connectivity index (χ4v) is 2.27. The van der Waals surface area contributed by atoms with Gasteiger partial charge >= 0.3 is 0 Å². The zero-order chi connectivity index (χ0) is 15.4. The fourth-order valence-electron chi connectivity index (χ4n) is 1.67. The molecule has 1 aromatic carbocycles. The molecule has 0 aliphatic carbocycles. The van der Waals surface area contributed by atoms with Gasteiger partial charge in [0.05, 0.1) is 18.1 Å². The number of rotatable bonds is 5. The van der Waals surface area contributed by atoms with Crippen molar-refractivity contribution in [3.05, 3.63) is 44.7 Å². The predicted molar refractivity (Wildman–Crippen MR) is 83.7 cm³/mol. The van der Waals surface area contributed by atoms with Crippen molar-refractivity contribution < 1.29 is 14.5 Å². The lowest BCUT2D eigenvalue weighted by Gasteiger charge is -2.08. The van der Waals surface area contributed by atoms with Crippen LogP contribution in [0.2, 0.25) is 0 Å². The largest absolute Gasteiger partial charge is 0.496 e. The summed E-state index contributed by atoms with van der Waals surface area (Å²) in [4.78, 5) is 22.5. The Labute approximate surface area is 135 Å². The summed E-state index contributed by atoms with van der Waals surface area (Å²) in [5.74, 6) is -0.111.